The quantitative estimate of drug-likeness (QED) is 0.832. The largest absolute Gasteiger partial charge is 0.368 e. The average Bonchev–Trinajstić information content (AvgIpc) is 2.66. The molecule has 1 N–H and O–H groups in total. The highest BCUT2D eigenvalue weighted by Crippen LogP contribution is 2.22. The number of aromatic nitrogens is 2. The van der Waals surface area contributed by atoms with E-state index >= 15 is 0 Å². The zero-order valence-corrected chi connectivity index (χ0v) is 14.6. The molecule has 1 aromatic carbocycles. The fraction of sp³-hybridized carbons (Fsp3) is 0.278. The van der Waals surface area contributed by atoms with Crippen LogP contribution in [0.3, 0.4) is 0 Å². The Kier molecular flexibility index (Phi) is 5.50. The van der Waals surface area contributed by atoms with Gasteiger partial charge in [-0.15, -0.1) is 16.8 Å². The number of halogens is 1. The van der Waals surface area contributed by atoms with Crippen molar-refractivity contribution in [3.05, 3.63) is 59.8 Å². The van der Waals surface area contributed by atoms with Gasteiger partial charge in [0.1, 0.15) is 0 Å². The maximum absolute atomic E-state index is 11.8. The number of rotatable bonds is 5. The lowest BCUT2D eigenvalue weighted by Crippen LogP contribution is -2.47. The second kappa shape index (κ2) is 7.98. The van der Waals surface area contributed by atoms with Gasteiger partial charge in [-0.2, -0.15) is 0 Å². The summed E-state index contributed by atoms with van der Waals surface area (Å²) in [6.45, 7) is 7.41. The first kappa shape index (κ1) is 17.2. The summed E-state index contributed by atoms with van der Waals surface area (Å²) >= 11 is 6.07. The Bertz CT molecular complexity index is 741. The fourth-order valence-electron chi connectivity index (χ4n) is 2.74. The Balaban J connectivity index is 1.59. The van der Waals surface area contributed by atoms with Crippen LogP contribution in [-0.4, -0.2) is 48.8 Å². The van der Waals surface area contributed by atoms with E-state index in [1.165, 1.54) is 0 Å². The highest BCUT2D eigenvalue weighted by molar-refractivity contribution is 6.30. The molecule has 0 aliphatic carbocycles. The summed E-state index contributed by atoms with van der Waals surface area (Å²) in [5.41, 5.74) is 1.44. The van der Waals surface area contributed by atoms with E-state index in [2.05, 4.69) is 38.0 Å². The molecule has 1 aromatic heterocycles. The number of nitrogens with one attached hydrogen (secondary N) is 1. The Hall–Kier alpha value is -2.60. The van der Waals surface area contributed by atoms with Crippen LogP contribution in [0, 0.1) is 0 Å². The van der Waals surface area contributed by atoms with Crippen molar-refractivity contribution in [1.82, 2.24) is 15.5 Å². The minimum atomic E-state index is -0.246. The van der Waals surface area contributed by atoms with E-state index in [-0.39, 0.29) is 5.91 Å². The Morgan fingerprint density at radius 1 is 1.16 bits per heavy atom. The Labute approximate surface area is 152 Å². The van der Waals surface area contributed by atoms with Crippen LogP contribution < -0.4 is 15.1 Å². The van der Waals surface area contributed by atoms with E-state index in [4.69, 9.17) is 11.6 Å². The van der Waals surface area contributed by atoms with E-state index < -0.39 is 0 Å². The summed E-state index contributed by atoms with van der Waals surface area (Å²) in [5, 5.41) is 11.7. The minimum absolute atomic E-state index is 0.246. The van der Waals surface area contributed by atoms with Crippen LogP contribution in [0.2, 0.25) is 5.02 Å². The number of anilines is 2. The monoisotopic (exact) mass is 357 g/mol. The van der Waals surface area contributed by atoms with Crippen LogP contribution in [0.5, 0.6) is 0 Å². The van der Waals surface area contributed by atoms with E-state index in [0.29, 0.717) is 12.2 Å². The highest BCUT2D eigenvalue weighted by atomic mass is 35.5. The number of hydrogen-bond donors (Lipinski definition) is 1. The molecule has 6 nitrogen and oxygen atoms in total. The van der Waals surface area contributed by atoms with Gasteiger partial charge in [0.15, 0.2) is 11.5 Å². The van der Waals surface area contributed by atoms with Crippen LogP contribution in [0.15, 0.2) is 49.1 Å². The van der Waals surface area contributed by atoms with E-state index in [0.717, 1.165) is 42.7 Å². The van der Waals surface area contributed by atoms with Crippen molar-refractivity contribution in [3.63, 3.8) is 0 Å². The van der Waals surface area contributed by atoms with Crippen LogP contribution in [0.25, 0.3) is 0 Å². The predicted octanol–water partition coefficient (Wildman–Crippen LogP) is 2.37. The lowest BCUT2D eigenvalue weighted by molar-refractivity contribution is 0.0952. The van der Waals surface area contributed by atoms with Crippen LogP contribution in [0.4, 0.5) is 11.5 Å². The lowest BCUT2D eigenvalue weighted by atomic mass is 10.2. The summed E-state index contributed by atoms with van der Waals surface area (Å²) in [4.78, 5) is 16.3. The van der Waals surface area contributed by atoms with Gasteiger partial charge in [0, 0.05) is 43.4 Å². The van der Waals surface area contributed by atoms with Crippen LogP contribution in [0.1, 0.15) is 10.5 Å². The number of hydrogen-bond acceptors (Lipinski definition) is 5. The maximum atomic E-state index is 11.8. The molecule has 0 bridgehead atoms. The number of nitrogens with zero attached hydrogens (tertiary/aromatic N) is 4. The standard InChI is InChI=1S/C18H20ClN5O/c1-2-8-20-18(25)16-6-7-17(22-21-16)24-11-9-23(10-12-24)15-5-3-4-14(19)13-15/h2-7,13H,1,8-12H2,(H,20,25). The first-order valence-corrected chi connectivity index (χ1v) is 8.53. The third-order valence-electron chi connectivity index (χ3n) is 4.07. The molecule has 1 aliphatic rings. The third-order valence-corrected chi connectivity index (χ3v) is 4.30. The van der Waals surface area contributed by atoms with Gasteiger partial charge >= 0.3 is 0 Å². The molecule has 130 valence electrons. The van der Waals surface area contributed by atoms with E-state index in [1.807, 2.05) is 24.3 Å². The fourth-order valence-corrected chi connectivity index (χ4v) is 2.92. The predicted molar refractivity (Wildman–Crippen MR) is 100 cm³/mol. The third kappa shape index (κ3) is 4.28. The second-order valence-corrected chi connectivity index (χ2v) is 6.17. The normalized spacial score (nSPS) is 14.3. The first-order chi connectivity index (χ1) is 12.2. The summed E-state index contributed by atoms with van der Waals surface area (Å²) in [5.74, 6) is 0.538. The average molecular weight is 358 g/mol. The van der Waals surface area contributed by atoms with E-state index in [9.17, 15) is 4.79 Å². The summed E-state index contributed by atoms with van der Waals surface area (Å²) in [6.07, 6.45) is 1.62. The molecule has 25 heavy (non-hydrogen) atoms. The molecule has 1 amide bonds. The number of amides is 1. The summed E-state index contributed by atoms with van der Waals surface area (Å²) in [7, 11) is 0. The Morgan fingerprint density at radius 2 is 1.92 bits per heavy atom. The molecule has 2 heterocycles. The first-order valence-electron chi connectivity index (χ1n) is 8.15. The van der Waals surface area contributed by atoms with Crippen LogP contribution >= 0.6 is 11.6 Å². The molecule has 0 saturated carbocycles. The highest BCUT2D eigenvalue weighted by Gasteiger charge is 2.19. The van der Waals surface area contributed by atoms with Crippen molar-refractivity contribution in [3.8, 4) is 0 Å². The SMILES string of the molecule is C=CCNC(=O)c1ccc(N2CCN(c3cccc(Cl)c3)CC2)nn1. The van der Waals surface area contributed by atoms with Gasteiger partial charge in [-0.05, 0) is 30.3 Å². The molecule has 3 rings (SSSR count). The van der Waals surface area contributed by atoms with Crippen molar-refractivity contribution in [2.75, 3.05) is 42.5 Å². The molecule has 0 atom stereocenters. The maximum Gasteiger partial charge on any atom is 0.272 e. The van der Waals surface area contributed by atoms with Gasteiger partial charge in [-0.1, -0.05) is 23.7 Å². The minimum Gasteiger partial charge on any atom is -0.368 e. The number of carbonyl (C=O) groups is 1. The molecule has 7 heteroatoms. The van der Waals surface area contributed by atoms with Crippen molar-refractivity contribution in [2.24, 2.45) is 0 Å². The van der Waals surface area contributed by atoms with Gasteiger partial charge < -0.3 is 15.1 Å². The molecule has 1 aliphatic heterocycles. The van der Waals surface area contributed by atoms with Gasteiger partial charge in [0.05, 0.1) is 0 Å². The van der Waals surface area contributed by atoms with Gasteiger partial charge in [-0.3, -0.25) is 4.79 Å². The molecule has 0 radical (unpaired) electrons. The van der Waals surface area contributed by atoms with Crippen molar-refractivity contribution in [2.45, 2.75) is 0 Å². The van der Waals surface area contributed by atoms with Crippen LogP contribution in [-0.2, 0) is 0 Å². The van der Waals surface area contributed by atoms with Crippen molar-refractivity contribution < 1.29 is 4.79 Å². The number of carbonyl (C=O) groups excluding carboxylic acids is 1. The van der Waals surface area contributed by atoms with Gasteiger partial charge in [0.25, 0.3) is 5.91 Å². The zero-order valence-electron chi connectivity index (χ0n) is 13.9. The number of benzene rings is 1. The molecule has 2 aromatic rings. The zero-order chi connectivity index (χ0) is 17.6. The smallest absolute Gasteiger partial charge is 0.272 e. The van der Waals surface area contributed by atoms with E-state index in [1.54, 1.807) is 12.1 Å². The van der Waals surface area contributed by atoms with Crippen molar-refractivity contribution in [1.29, 1.82) is 0 Å². The summed E-state index contributed by atoms with van der Waals surface area (Å²) in [6, 6.07) is 11.4. The molecular formula is C18H20ClN5O. The molecule has 1 saturated heterocycles. The molecule has 1 fully saturated rings. The summed E-state index contributed by atoms with van der Waals surface area (Å²) < 4.78 is 0. The molecule has 0 unspecified atom stereocenters. The molecular weight excluding hydrogens is 338 g/mol. The molecule has 0 spiro atoms. The number of piperazine rings is 1. The van der Waals surface area contributed by atoms with Gasteiger partial charge in [-0.25, -0.2) is 0 Å². The van der Waals surface area contributed by atoms with Gasteiger partial charge in [0.2, 0.25) is 0 Å². The second-order valence-electron chi connectivity index (χ2n) is 5.73. The van der Waals surface area contributed by atoms with Crippen molar-refractivity contribution >= 4 is 29.0 Å². The lowest BCUT2D eigenvalue weighted by Gasteiger charge is -2.36. The Morgan fingerprint density at radius 3 is 2.56 bits per heavy atom. The topological polar surface area (TPSA) is 61.4 Å².